The lowest BCUT2D eigenvalue weighted by atomic mass is 10.1. The van der Waals surface area contributed by atoms with Gasteiger partial charge in [-0.05, 0) is 11.6 Å². The molecule has 3 rings (SSSR count). The third kappa shape index (κ3) is 4.79. The van der Waals surface area contributed by atoms with E-state index >= 15 is 0 Å². The van der Waals surface area contributed by atoms with Crippen molar-refractivity contribution in [3.8, 4) is 0 Å². The Morgan fingerprint density at radius 3 is 2.78 bits per heavy atom. The molecule has 1 saturated heterocycles. The molecule has 0 saturated carbocycles. The summed E-state index contributed by atoms with van der Waals surface area (Å²) in [7, 11) is 0. The van der Waals surface area contributed by atoms with Crippen LogP contribution in [0.4, 0.5) is 18.9 Å². The Hall–Kier alpha value is -2.55. The van der Waals surface area contributed by atoms with Crippen molar-refractivity contribution in [2.24, 2.45) is 5.92 Å². The van der Waals surface area contributed by atoms with Gasteiger partial charge in [0.15, 0.2) is 0 Å². The highest BCUT2D eigenvalue weighted by molar-refractivity contribution is 6.31. The van der Waals surface area contributed by atoms with E-state index in [9.17, 15) is 22.8 Å². The van der Waals surface area contributed by atoms with Gasteiger partial charge >= 0.3 is 6.18 Å². The van der Waals surface area contributed by atoms with Gasteiger partial charge in [0.2, 0.25) is 11.8 Å². The fraction of sp³-hybridized carbons (Fsp3) is 0.353. The first kappa shape index (κ1) is 19.2. The molecule has 0 bridgehead atoms. The summed E-state index contributed by atoms with van der Waals surface area (Å²) in [6, 6.07) is 7.07. The number of hydrogen-bond acceptors (Lipinski definition) is 3. The zero-order valence-electron chi connectivity index (χ0n) is 14.0. The first-order valence-corrected chi connectivity index (χ1v) is 8.51. The number of nitrogens with one attached hydrogen (secondary N) is 1. The Morgan fingerprint density at radius 2 is 2.07 bits per heavy atom. The van der Waals surface area contributed by atoms with Crippen molar-refractivity contribution in [3.05, 3.63) is 47.2 Å². The number of aromatic nitrogens is 2. The van der Waals surface area contributed by atoms with Crippen LogP contribution in [0.3, 0.4) is 0 Å². The Balaban J connectivity index is 1.60. The number of amides is 2. The smallest absolute Gasteiger partial charge is 0.352 e. The molecule has 27 heavy (non-hydrogen) atoms. The van der Waals surface area contributed by atoms with E-state index in [1.165, 1.54) is 11.1 Å². The van der Waals surface area contributed by atoms with Crippen molar-refractivity contribution >= 4 is 29.1 Å². The summed E-state index contributed by atoms with van der Waals surface area (Å²) in [5, 5.41) is 6.89. The number of carbonyl (C=O) groups is 2. The lowest BCUT2D eigenvalue weighted by Crippen LogP contribution is -2.32. The molecule has 2 heterocycles. The van der Waals surface area contributed by atoms with E-state index in [1.807, 2.05) is 0 Å². The summed E-state index contributed by atoms with van der Waals surface area (Å²) in [6.45, 7) is -0.922. The quantitative estimate of drug-likeness (QED) is 0.839. The van der Waals surface area contributed by atoms with E-state index in [4.69, 9.17) is 11.6 Å². The SMILES string of the molecule is O=C(NCc1ccccc1Cl)[C@H]1CC(=O)N(c2cnn(CC(F)(F)F)c2)C1. The molecule has 6 nitrogen and oxygen atoms in total. The van der Waals surface area contributed by atoms with E-state index < -0.39 is 18.6 Å². The number of nitrogens with zero attached hydrogens (tertiary/aromatic N) is 3. The summed E-state index contributed by atoms with van der Waals surface area (Å²) < 4.78 is 38.0. The zero-order chi connectivity index (χ0) is 19.6. The van der Waals surface area contributed by atoms with Gasteiger partial charge in [0.1, 0.15) is 6.54 Å². The van der Waals surface area contributed by atoms with Crippen LogP contribution in [-0.4, -0.2) is 34.3 Å². The van der Waals surface area contributed by atoms with Crippen LogP contribution in [0, 0.1) is 5.92 Å². The molecule has 0 radical (unpaired) electrons. The molecule has 0 spiro atoms. The van der Waals surface area contributed by atoms with Gasteiger partial charge in [-0.2, -0.15) is 18.3 Å². The maximum Gasteiger partial charge on any atom is 0.408 e. The van der Waals surface area contributed by atoms with E-state index in [-0.39, 0.29) is 37.0 Å². The van der Waals surface area contributed by atoms with Gasteiger partial charge in [0.25, 0.3) is 0 Å². The number of halogens is 4. The van der Waals surface area contributed by atoms with E-state index in [1.54, 1.807) is 24.3 Å². The van der Waals surface area contributed by atoms with Gasteiger partial charge in [-0.3, -0.25) is 14.3 Å². The normalized spacial score (nSPS) is 17.4. The molecule has 1 aromatic heterocycles. The van der Waals surface area contributed by atoms with Crippen molar-refractivity contribution in [2.45, 2.75) is 25.7 Å². The molecule has 1 atom stereocenters. The molecule has 10 heteroatoms. The van der Waals surface area contributed by atoms with Gasteiger partial charge in [-0.25, -0.2) is 0 Å². The second-order valence-corrected chi connectivity index (χ2v) is 6.63. The maximum absolute atomic E-state index is 12.4. The fourth-order valence-electron chi connectivity index (χ4n) is 2.86. The summed E-state index contributed by atoms with van der Waals surface area (Å²) in [5.41, 5.74) is 0.993. The first-order valence-electron chi connectivity index (χ1n) is 8.13. The summed E-state index contributed by atoms with van der Waals surface area (Å²) in [6.07, 6.45) is -2.08. The number of benzene rings is 1. The molecule has 2 amide bonds. The van der Waals surface area contributed by atoms with Crippen LogP contribution < -0.4 is 10.2 Å². The van der Waals surface area contributed by atoms with Gasteiger partial charge in [-0.15, -0.1) is 0 Å². The maximum atomic E-state index is 12.4. The first-order chi connectivity index (χ1) is 12.7. The number of rotatable bonds is 5. The summed E-state index contributed by atoms with van der Waals surface area (Å²) in [4.78, 5) is 25.8. The highest BCUT2D eigenvalue weighted by Crippen LogP contribution is 2.26. The number of carbonyl (C=O) groups excluding carboxylic acids is 2. The lowest BCUT2D eigenvalue weighted by molar-refractivity contribution is -0.142. The Labute approximate surface area is 157 Å². The minimum Gasteiger partial charge on any atom is -0.352 e. The molecule has 144 valence electrons. The topological polar surface area (TPSA) is 67.2 Å². The van der Waals surface area contributed by atoms with Gasteiger partial charge < -0.3 is 10.2 Å². The van der Waals surface area contributed by atoms with Crippen molar-refractivity contribution in [3.63, 3.8) is 0 Å². The molecule has 1 aromatic carbocycles. The van der Waals surface area contributed by atoms with Gasteiger partial charge in [0.05, 0.1) is 17.8 Å². The highest BCUT2D eigenvalue weighted by atomic mass is 35.5. The van der Waals surface area contributed by atoms with Crippen molar-refractivity contribution in [1.82, 2.24) is 15.1 Å². The van der Waals surface area contributed by atoms with E-state index in [2.05, 4.69) is 10.4 Å². The average molecular weight is 401 g/mol. The van der Waals surface area contributed by atoms with E-state index in [0.717, 1.165) is 11.8 Å². The zero-order valence-corrected chi connectivity index (χ0v) is 14.8. The molecular formula is C17H16ClF3N4O2. The summed E-state index contributed by atoms with van der Waals surface area (Å²) >= 11 is 6.04. The van der Waals surface area contributed by atoms with Crippen LogP contribution in [0.5, 0.6) is 0 Å². The standard InChI is InChI=1S/C17H16ClF3N4O2/c18-14-4-2-1-3-11(14)6-22-16(27)12-5-15(26)25(8-12)13-7-23-24(9-13)10-17(19,20)21/h1-4,7,9,12H,5-6,8,10H2,(H,22,27)/t12-/m0/s1. The molecule has 1 aliphatic heterocycles. The third-order valence-corrected chi connectivity index (χ3v) is 4.55. The van der Waals surface area contributed by atoms with Crippen LogP contribution in [0.15, 0.2) is 36.7 Å². The molecule has 1 N–H and O–H groups in total. The molecular weight excluding hydrogens is 385 g/mol. The van der Waals surface area contributed by atoms with Crippen LogP contribution in [0.1, 0.15) is 12.0 Å². The molecule has 1 fully saturated rings. The van der Waals surface area contributed by atoms with Crippen LogP contribution in [0.25, 0.3) is 0 Å². The second-order valence-electron chi connectivity index (χ2n) is 6.23. The molecule has 0 aliphatic carbocycles. The molecule has 0 unspecified atom stereocenters. The van der Waals surface area contributed by atoms with Crippen LogP contribution >= 0.6 is 11.6 Å². The monoisotopic (exact) mass is 400 g/mol. The van der Waals surface area contributed by atoms with Gasteiger partial charge in [0, 0.05) is 30.7 Å². The van der Waals surface area contributed by atoms with Crippen LogP contribution in [0.2, 0.25) is 5.02 Å². The van der Waals surface area contributed by atoms with Crippen LogP contribution in [-0.2, 0) is 22.7 Å². The molecule has 1 aliphatic rings. The Bertz CT molecular complexity index is 853. The summed E-state index contributed by atoms with van der Waals surface area (Å²) in [5.74, 6) is -1.24. The third-order valence-electron chi connectivity index (χ3n) is 4.18. The minimum absolute atomic E-state index is 0.0151. The van der Waals surface area contributed by atoms with Crippen molar-refractivity contribution in [1.29, 1.82) is 0 Å². The largest absolute Gasteiger partial charge is 0.408 e. The second kappa shape index (κ2) is 7.59. The predicted molar refractivity (Wildman–Crippen MR) is 92.0 cm³/mol. The average Bonchev–Trinajstić information content (AvgIpc) is 3.18. The number of anilines is 1. The van der Waals surface area contributed by atoms with E-state index in [0.29, 0.717) is 9.70 Å². The minimum atomic E-state index is -4.40. The van der Waals surface area contributed by atoms with Crippen molar-refractivity contribution in [2.75, 3.05) is 11.4 Å². The Morgan fingerprint density at radius 1 is 1.33 bits per heavy atom. The lowest BCUT2D eigenvalue weighted by Gasteiger charge is -2.14. The predicted octanol–water partition coefficient (Wildman–Crippen LogP) is 2.77. The van der Waals surface area contributed by atoms with Crippen molar-refractivity contribution < 1.29 is 22.8 Å². The highest BCUT2D eigenvalue weighted by Gasteiger charge is 2.36. The number of hydrogen-bond donors (Lipinski definition) is 1. The Kier molecular flexibility index (Phi) is 5.41. The van der Waals surface area contributed by atoms with Gasteiger partial charge in [-0.1, -0.05) is 29.8 Å². The fourth-order valence-corrected chi connectivity index (χ4v) is 3.07. The number of alkyl halides is 3. The molecule has 2 aromatic rings.